The Kier molecular flexibility index (Phi) is 10.1. The average molecular weight is 472 g/mol. The number of nitrogens with zero attached hydrogens (tertiary/aromatic N) is 1. The van der Waals surface area contributed by atoms with Crippen molar-refractivity contribution in [3.63, 3.8) is 0 Å². The largest absolute Gasteiger partial charge is 0.461 e. The number of ketones is 1. The molecule has 2 aliphatic rings. The molecule has 3 rings (SSSR count). The smallest absolute Gasteiger partial charge is 0.309 e. The van der Waals surface area contributed by atoms with Crippen LogP contribution in [0.2, 0.25) is 0 Å². The van der Waals surface area contributed by atoms with Crippen molar-refractivity contribution in [3.05, 3.63) is 46.0 Å². The number of hydrogen-bond donors (Lipinski definition) is 0. The fraction of sp³-hybridized carbons (Fsp3) is 0.714. The number of carbonyl (C=O) groups excluding carboxylic acids is 2. The van der Waals surface area contributed by atoms with E-state index in [-0.39, 0.29) is 52.9 Å². The van der Waals surface area contributed by atoms with Crippen LogP contribution in [0.15, 0.2) is 30.3 Å². The molecule has 34 heavy (non-hydrogen) atoms. The third-order valence-corrected chi connectivity index (χ3v) is 8.34. The first-order valence-electron chi connectivity index (χ1n) is 13.3. The van der Waals surface area contributed by atoms with Crippen LogP contribution in [0.1, 0.15) is 90.0 Å². The van der Waals surface area contributed by atoms with Gasteiger partial charge < -0.3 is 4.74 Å². The number of esters is 1. The molecule has 6 heteroatoms. The molecule has 6 atom stereocenters. The van der Waals surface area contributed by atoms with Crippen molar-refractivity contribution in [2.75, 3.05) is 0 Å². The van der Waals surface area contributed by atoms with Gasteiger partial charge in [0.25, 0.3) is 0 Å². The first-order chi connectivity index (χ1) is 16.5. The zero-order valence-electron chi connectivity index (χ0n) is 20.8. The molecule has 2 saturated carbocycles. The van der Waals surface area contributed by atoms with Gasteiger partial charge in [-0.05, 0) is 55.9 Å². The van der Waals surface area contributed by atoms with Gasteiger partial charge in [-0.25, -0.2) is 0 Å². The van der Waals surface area contributed by atoms with E-state index in [2.05, 4.69) is 0 Å². The van der Waals surface area contributed by atoms with E-state index in [0.717, 1.165) is 50.5 Å². The molecule has 0 spiro atoms. The van der Waals surface area contributed by atoms with Crippen molar-refractivity contribution < 1.29 is 19.2 Å². The van der Waals surface area contributed by atoms with Crippen LogP contribution in [0.5, 0.6) is 0 Å². The highest BCUT2D eigenvalue weighted by molar-refractivity contribution is 5.82. The summed E-state index contributed by atoms with van der Waals surface area (Å²) in [6, 6.07) is 9.11. The predicted octanol–water partition coefficient (Wildman–Crippen LogP) is 6.38. The molecule has 2 aliphatic carbocycles. The summed E-state index contributed by atoms with van der Waals surface area (Å²) in [5, 5.41) is 11.7. The van der Waals surface area contributed by atoms with Crippen molar-refractivity contribution in [2.24, 2.45) is 29.6 Å². The Labute approximate surface area is 204 Å². The molecule has 2 fully saturated rings. The van der Waals surface area contributed by atoms with Gasteiger partial charge in [-0.3, -0.25) is 19.7 Å². The Morgan fingerprint density at radius 2 is 1.56 bits per heavy atom. The zero-order chi connectivity index (χ0) is 24.5. The monoisotopic (exact) mass is 471 g/mol. The van der Waals surface area contributed by atoms with Gasteiger partial charge in [0, 0.05) is 29.6 Å². The van der Waals surface area contributed by atoms with Crippen LogP contribution in [0.3, 0.4) is 0 Å². The Hall–Kier alpha value is -2.24. The number of nitro groups is 1. The van der Waals surface area contributed by atoms with Gasteiger partial charge in [-0.15, -0.1) is 0 Å². The van der Waals surface area contributed by atoms with E-state index in [1.165, 1.54) is 0 Å². The lowest BCUT2D eigenvalue weighted by molar-refractivity contribution is -0.537. The summed E-state index contributed by atoms with van der Waals surface area (Å²) in [5.74, 6) is -0.301. The first-order valence-corrected chi connectivity index (χ1v) is 13.3. The molecule has 1 aromatic carbocycles. The van der Waals surface area contributed by atoms with E-state index < -0.39 is 6.04 Å². The molecule has 1 aromatic rings. The number of Topliss-reactive ketones (excluding diaryl/α,β-unsaturated/α-hetero) is 1. The molecule has 0 heterocycles. The number of ether oxygens (including phenoxy) is 1. The van der Waals surface area contributed by atoms with Gasteiger partial charge in [0.1, 0.15) is 12.4 Å². The van der Waals surface area contributed by atoms with Crippen molar-refractivity contribution >= 4 is 11.8 Å². The summed E-state index contributed by atoms with van der Waals surface area (Å²) < 4.78 is 5.69. The maximum Gasteiger partial charge on any atom is 0.309 e. The van der Waals surface area contributed by atoms with E-state index in [9.17, 15) is 19.7 Å². The molecule has 0 amide bonds. The maximum atomic E-state index is 13.5. The summed E-state index contributed by atoms with van der Waals surface area (Å²) in [6.45, 7) is 4.29. The lowest BCUT2D eigenvalue weighted by Crippen LogP contribution is -2.41. The fourth-order valence-electron chi connectivity index (χ4n) is 6.55. The van der Waals surface area contributed by atoms with Crippen molar-refractivity contribution in [1.29, 1.82) is 0 Å². The van der Waals surface area contributed by atoms with Crippen molar-refractivity contribution in [1.82, 2.24) is 0 Å². The second kappa shape index (κ2) is 13.0. The standard InChI is InChI=1S/C28H41NO5/c1-3-22(25-16-10-11-17-26(25)29(32)33)27(30)18-21-14-8-9-15-24(21)23(4-2)28(31)34-19-20-12-6-5-7-13-20/h5-7,12-13,21-26H,3-4,8-11,14-19H2,1-2H3/t21-,22+,23+,24-,25+,26+/m1/s1. The quantitative estimate of drug-likeness (QED) is 0.212. The molecule has 0 aliphatic heterocycles. The highest BCUT2D eigenvalue weighted by Gasteiger charge is 2.43. The third-order valence-electron chi connectivity index (χ3n) is 8.34. The minimum Gasteiger partial charge on any atom is -0.461 e. The second-order valence-corrected chi connectivity index (χ2v) is 10.3. The van der Waals surface area contributed by atoms with Crippen LogP contribution in [-0.2, 0) is 20.9 Å². The average Bonchev–Trinajstić information content (AvgIpc) is 2.85. The molecule has 0 bridgehead atoms. The summed E-state index contributed by atoms with van der Waals surface area (Å²) in [6.07, 6.45) is 9.01. The molecule has 0 unspecified atom stereocenters. The van der Waals surface area contributed by atoms with E-state index in [1.807, 2.05) is 44.2 Å². The number of rotatable bonds is 11. The van der Waals surface area contributed by atoms with Crippen LogP contribution in [0, 0.1) is 39.7 Å². The van der Waals surface area contributed by atoms with Gasteiger partial charge in [-0.2, -0.15) is 0 Å². The van der Waals surface area contributed by atoms with Gasteiger partial charge in [-0.1, -0.05) is 63.4 Å². The molecule has 0 radical (unpaired) electrons. The van der Waals surface area contributed by atoms with Gasteiger partial charge in [0.15, 0.2) is 0 Å². The van der Waals surface area contributed by atoms with Crippen LogP contribution in [0.4, 0.5) is 0 Å². The minimum atomic E-state index is -0.596. The number of benzene rings is 1. The normalized spacial score (nSPS) is 26.9. The molecule has 6 nitrogen and oxygen atoms in total. The topological polar surface area (TPSA) is 86.5 Å². The summed E-state index contributed by atoms with van der Waals surface area (Å²) in [4.78, 5) is 38.1. The summed E-state index contributed by atoms with van der Waals surface area (Å²) >= 11 is 0. The van der Waals surface area contributed by atoms with Gasteiger partial charge in [0.05, 0.1) is 5.92 Å². The number of hydrogen-bond acceptors (Lipinski definition) is 5. The van der Waals surface area contributed by atoms with Crippen LogP contribution in [0.25, 0.3) is 0 Å². The third kappa shape index (κ3) is 6.67. The van der Waals surface area contributed by atoms with Crippen LogP contribution in [-0.4, -0.2) is 22.7 Å². The Morgan fingerprint density at radius 1 is 0.941 bits per heavy atom. The Morgan fingerprint density at radius 3 is 2.21 bits per heavy atom. The zero-order valence-corrected chi connectivity index (χ0v) is 20.8. The molecular weight excluding hydrogens is 430 g/mol. The van der Waals surface area contributed by atoms with E-state index in [0.29, 0.717) is 25.7 Å². The summed E-state index contributed by atoms with van der Waals surface area (Å²) in [7, 11) is 0. The van der Waals surface area contributed by atoms with Crippen LogP contribution >= 0.6 is 0 Å². The molecular formula is C28H41NO5. The van der Waals surface area contributed by atoms with Crippen molar-refractivity contribution in [3.8, 4) is 0 Å². The highest BCUT2D eigenvalue weighted by atomic mass is 16.6. The van der Waals surface area contributed by atoms with Crippen molar-refractivity contribution in [2.45, 2.75) is 97.1 Å². The SMILES string of the molecule is CC[C@H](C(=O)OCc1ccccc1)[C@@H]1CCCC[C@@H]1CC(=O)[C@@H](CC)[C@@H]1CCCC[C@@H]1[N+](=O)[O-]. The lowest BCUT2D eigenvalue weighted by Gasteiger charge is -2.37. The molecule has 0 aromatic heterocycles. The predicted molar refractivity (Wildman–Crippen MR) is 132 cm³/mol. The second-order valence-electron chi connectivity index (χ2n) is 10.3. The van der Waals surface area contributed by atoms with E-state index in [4.69, 9.17) is 4.74 Å². The first kappa shape index (κ1) is 26.4. The molecule has 0 saturated heterocycles. The maximum absolute atomic E-state index is 13.5. The lowest BCUT2D eigenvalue weighted by atomic mass is 9.67. The fourth-order valence-corrected chi connectivity index (χ4v) is 6.55. The highest BCUT2D eigenvalue weighted by Crippen LogP contribution is 2.41. The van der Waals surface area contributed by atoms with Crippen LogP contribution < -0.4 is 0 Å². The number of carbonyl (C=O) groups is 2. The Bertz CT molecular complexity index is 810. The summed E-state index contributed by atoms with van der Waals surface area (Å²) in [5.41, 5.74) is 0.972. The minimum absolute atomic E-state index is 0.140. The molecule has 188 valence electrons. The molecule has 0 N–H and O–H groups in total. The van der Waals surface area contributed by atoms with Gasteiger partial charge >= 0.3 is 5.97 Å². The Balaban J connectivity index is 1.66. The van der Waals surface area contributed by atoms with E-state index >= 15 is 0 Å². The van der Waals surface area contributed by atoms with Gasteiger partial charge in [0.2, 0.25) is 6.04 Å². The van der Waals surface area contributed by atoms with E-state index in [1.54, 1.807) is 0 Å².